The van der Waals surface area contributed by atoms with E-state index in [2.05, 4.69) is 9.59 Å². The van der Waals surface area contributed by atoms with Gasteiger partial charge in [-0.1, -0.05) is 17.8 Å². The fourth-order valence-electron chi connectivity index (χ4n) is 2.58. The molecule has 1 aromatic rings. The van der Waals surface area contributed by atoms with Gasteiger partial charge in [-0.15, -0.1) is 5.10 Å². The summed E-state index contributed by atoms with van der Waals surface area (Å²) in [4.78, 5) is 25.7. The molecule has 2 rings (SSSR count). The highest BCUT2D eigenvalue weighted by molar-refractivity contribution is 7.08. The minimum Gasteiger partial charge on any atom is -0.481 e. The Hall–Kier alpha value is -1.50. The van der Waals surface area contributed by atoms with Crippen LogP contribution in [0.4, 0.5) is 0 Å². The number of nitrogens with zero attached hydrogens (tertiary/aromatic N) is 3. The van der Waals surface area contributed by atoms with Gasteiger partial charge in [0.15, 0.2) is 0 Å². The van der Waals surface area contributed by atoms with Crippen LogP contribution >= 0.6 is 11.5 Å². The zero-order chi connectivity index (χ0) is 14.5. The molecular weight excluding hydrogens is 278 g/mol. The van der Waals surface area contributed by atoms with E-state index in [4.69, 9.17) is 5.11 Å². The normalized spacial score (nSPS) is 19.1. The molecule has 1 aromatic heterocycles. The Labute approximate surface area is 122 Å². The van der Waals surface area contributed by atoms with E-state index >= 15 is 0 Å². The number of piperidine rings is 1. The molecule has 7 heteroatoms. The molecule has 1 N–H and O–H groups in total. The number of aliphatic carboxylic acids is 1. The van der Waals surface area contributed by atoms with E-state index in [1.165, 1.54) is 0 Å². The first-order chi connectivity index (χ1) is 9.61. The summed E-state index contributed by atoms with van der Waals surface area (Å²) < 4.78 is 3.87. The Morgan fingerprint density at radius 2 is 2.30 bits per heavy atom. The summed E-state index contributed by atoms with van der Waals surface area (Å²) >= 11 is 1.14. The van der Waals surface area contributed by atoms with Crippen molar-refractivity contribution in [2.75, 3.05) is 13.1 Å². The lowest BCUT2D eigenvalue weighted by atomic mass is 9.94. The predicted molar refractivity (Wildman–Crippen MR) is 74.8 cm³/mol. The fraction of sp³-hybridized carbons (Fsp3) is 0.692. The van der Waals surface area contributed by atoms with E-state index in [0.29, 0.717) is 18.0 Å². The molecule has 0 saturated carbocycles. The van der Waals surface area contributed by atoms with Gasteiger partial charge < -0.3 is 10.0 Å². The van der Waals surface area contributed by atoms with Crippen LogP contribution in [-0.2, 0) is 11.2 Å². The highest BCUT2D eigenvalue weighted by Crippen LogP contribution is 2.23. The van der Waals surface area contributed by atoms with Crippen LogP contribution in [0.1, 0.15) is 48.0 Å². The Balaban J connectivity index is 2.04. The standard InChI is InChI=1S/C13H19N3O3S/c1-2-4-10-12(20-15-14-10)13(19)16-6-3-5-9(8-16)7-11(17)18/h9H,2-8H2,1H3,(H,17,18). The number of aromatic nitrogens is 2. The average Bonchev–Trinajstić information content (AvgIpc) is 2.86. The van der Waals surface area contributed by atoms with Gasteiger partial charge in [-0.2, -0.15) is 0 Å². The summed E-state index contributed by atoms with van der Waals surface area (Å²) in [5.74, 6) is -0.783. The molecular formula is C13H19N3O3S. The molecule has 0 aliphatic carbocycles. The van der Waals surface area contributed by atoms with Crippen molar-refractivity contribution in [3.05, 3.63) is 10.6 Å². The monoisotopic (exact) mass is 297 g/mol. The third kappa shape index (κ3) is 3.53. The Morgan fingerprint density at radius 1 is 1.50 bits per heavy atom. The third-order valence-corrected chi connectivity index (χ3v) is 4.26. The zero-order valence-corrected chi connectivity index (χ0v) is 12.4. The van der Waals surface area contributed by atoms with E-state index in [-0.39, 0.29) is 18.2 Å². The summed E-state index contributed by atoms with van der Waals surface area (Å²) in [5.41, 5.74) is 0.767. The maximum absolute atomic E-state index is 12.5. The topological polar surface area (TPSA) is 83.4 Å². The minimum atomic E-state index is -0.796. The number of carbonyl (C=O) groups is 2. The molecule has 1 fully saturated rings. The van der Waals surface area contributed by atoms with Crippen LogP contribution in [0.15, 0.2) is 0 Å². The van der Waals surface area contributed by atoms with Gasteiger partial charge in [-0.05, 0) is 36.7 Å². The smallest absolute Gasteiger partial charge is 0.303 e. The van der Waals surface area contributed by atoms with Gasteiger partial charge in [0.2, 0.25) is 0 Å². The second-order valence-electron chi connectivity index (χ2n) is 5.16. The van der Waals surface area contributed by atoms with E-state index in [0.717, 1.165) is 42.9 Å². The van der Waals surface area contributed by atoms with Gasteiger partial charge in [0.05, 0.1) is 5.69 Å². The number of carbonyl (C=O) groups excluding carboxylic acids is 1. The van der Waals surface area contributed by atoms with Crippen LogP contribution in [0.3, 0.4) is 0 Å². The van der Waals surface area contributed by atoms with Gasteiger partial charge in [-0.3, -0.25) is 9.59 Å². The number of hydrogen-bond acceptors (Lipinski definition) is 5. The molecule has 0 radical (unpaired) electrons. The Kier molecular flexibility index (Phi) is 5.05. The first-order valence-corrected chi connectivity index (χ1v) is 7.71. The lowest BCUT2D eigenvalue weighted by Gasteiger charge is -2.31. The number of rotatable bonds is 5. The lowest BCUT2D eigenvalue weighted by molar-refractivity contribution is -0.138. The molecule has 6 nitrogen and oxygen atoms in total. The molecule has 0 bridgehead atoms. The number of carboxylic acids is 1. The van der Waals surface area contributed by atoms with E-state index in [1.54, 1.807) is 4.90 Å². The number of hydrogen-bond donors (Lipinski definition) is 1. The van der Waals surface area contributed by atoms with Crippen LogP contribution in [-0.4, -0.2) is 44.6 Å². The summed E-state index contributed by atoms with van der Waals surface area (Å²) in [5, 5.41) is 12.9. The van der Waals surface area contributed by atoms with E-state index in [9.17, 15) is 9.59 Å². The number of amides is 1. The molecule has 1 atom stereocenters. The van der Waals surface area contributed by atoms with Gasteiger partial charge >= 0.3 is 5.97 Å². The van der Waals surface area contributed by atoms with E-state index < -0.39 is 5.97 Å². The zero-order valence-electron chi connectivity index (χ0n) is 11.5. The Bertz CT molecular complexity index is 489. The molecule has 0 spiro atoms. The molecule has 1 saturated heterocycles. The van der Waals surface area contributed by atoms with Gasteiger partial charge in [-0.25, -0.2) is 0 Å². The van der Waals surface area contributed by atoms with Crippen LogP contribution in [0.5, 0.6) is 0 Å². The first kappa shape index (κ1) is 14.9. The van der Waals surface area contributed by atoms with Crippen LogP contribution in [0, 0.1) is 5.92 Å². The van der Waals surface area contributed by atoms with Crippen molar-refractivity contribution in [2.24, 2.45) is 5.92 Å². The second kappa shape index (κ2) is 6.78. The van der Waals surface area contributed by atoms with Crippen molar-refractivity contribution in [1.82, 2.24) is 14.5 Å². The van der Waals surface area contributed by atoms with Crippen molar-refractivity contribution in [3.8, 4) is 0 Å². The minimum absolute atomic E-state index is 0.0430. The Morgan fingerprint density at radius 3 is 3.00 bits per heavy atom. The van der Waals surface area contributed by atoms with Crippen molar-refractivity contribution in [3.63, 3.8) is 0 Å². The highest BCUT2D eigenvalue weighted by atomic mass is 32.1. The van der Waals surface area contributed by atoms with Crippen LogP contribution in [0.25, 0.3) is 0 Å². The predicted octanol–water partition coefficient (Wildman–Crippen LogP) is 1.82. The quantitative estimate of drug-likeness (QED) is 0.896. The van der Waals surface area contributed by atoms with Gasteiger partial charge in [0.1, 0.15) is 4.88 Å². The molecule has 20 heavy (non-hydrogen) atoms. The van der Waals surface area contributed by atoms with Crippen molar-refractivity contribution < 1.29 is 14.7 Å². The average molecular weight is 297 g/mol. The molecule has 1 unspecified atom stereocenters. The SMILES string of the molecule is CCCc1nnsc1C(=O)N1CCCC(CC(=O)O)C1. The van der Waals surface area contributed by atoms with Crippen molar-refractivity contribution >= 4 is 23.4 Å². The molecule has 1 amide bonds. The molecule has 1 aliphatic heterocycles. The van der Waals surface area contributed by atoms with Crippen LogP contribution in [0.2, 0.25) is 0 Å². The van der Waals surface area contributed by atoms with Crippen molar-refractivity contribution in [2.45, 2.75) is 39.0 Å². The molecule has 0 aromatic carbocycles. The third-order valence-electron chi connectivity index (χ3n) is 3.51. The first-order valence-electron chi connectivity index (χ1n) is 6.94. The lowest BCUT2D eigenvalue weighted by Crippen LogP contribution is -2.40. The second-order valence-corrected chi connectivity index (χ2v) is 5.91. The highest BCUT2D eigenvalue weighted by Gasteiger charge is 2.28. The largest absolute Gasteiger partial charge is 0.481 e. The number of aryl methyl sites for hydroxylation is 1. The molecule has 1 aliphatic rings. The summed E-state index contributed by atoms with van der Waals surface area (Å²) in [7, 11) is 0. The fourth-order valence-corrected chi connectivity index (χ4v) is 3.25. The maximum Gasteiger partial charge on any atom is 0.303 e. The summed E-state index contributed by atoms with van der Waals surface area (Å²) in [6, 6.07) is 0. The number of likely N-dealkylation sites (tertiary alicyclic amines) is 1. The number of carboxylic acid groups (broad SMARTS) is 1. The summed E-state index contributed by atoms with van der Waals surface area (Å²) in [6.45, 7) is 3.25. The van der Waals surface area contributed by atoms with Crippen LogP contribution < -0.4 is 0 Å². The molecule has 2 heterocycles. The van der Waals surface area contributed by atoms with Gasteiger partial charge in [0, 0.05) is 19.5 Å². The maximum atomic E-state index is 12.5. The van der Waals surface area contributed by atoms with Crippen molar-refractivity contribution in [1.29, 1.82) is 0 Å². The van der Waals surface area contributed by atoms with E-state index in [1.807, 2.05) is 6.92 Å². The van der Waals surface area contributed by atoms with Gasteiger partial charge in [0.25, 0.3) is 5.91 Å². The summed E-state index contributed by atoms with van der Waals surface area (Å²) in [6.07, 6.45) is 3.54. The molecule has 110 valence electrons.